The molecule has 1 amide bonds. The summed E-state index contributed by atoms with van der Waals surface area (Å²) < 4.78 is 15.8. The van der Waals surface area contributed by atoms with Crippen LogP contribution in [0.3, 0.4) is 0 Å². The van der Waals surface area contributed by atoms with E-state index in [2.05, 4.69) is 20.9 Å². The molecular weight excluding hydrogens is 496 g/mol. The zero-order chi connectivity index (χ0) is 24.9. The fourth-order valence-electron chi connectivity index (χ4n) is 4.58. The standard InChI is InChI=1S/C25H32N6O3S2/c1-28(17-23(32)26-19-6-8-20(9-7-19)29-10-13-33-14-11-29)18-31-25(35)30(16-21-4-2-12-34-21)24(27-31)22-5-3-15-36-22/h3,5-9,15,21H,2,4,10-14,16-18H2,1H3,(H,26,32)/t21-/m0/s1. The van der Waals surface area contributed by atoms with Crippen molar-refractivity contribution < 1.29 is 14.3 Å². The summed E-state index contributed by atoms with van der Waals surface area (Å²) in [6.45, 7) is 5.39. The number of aromatic nitrogens is 3. The molecule has 2 aliphatic heterocycles. The van der Waals surface area contributed by atoms with Gasteiger partial charge < -0.3 is 19.7 Å². The van der Waals surface area contributed by atoms with Gasteiger partial charge in [-0.1, -0.05) is 6.07 Å². The molecule has 0 unspecified atom stereocenters. The first kappa shape index (κ1) is 25.1. The number of thiophene rings is 1. The highest BCUT2D eigenvalue weighted by molar-refractivity contribution is 7.71. The van der Waals surface area contributed by atoms with Gasteiger partial charge in [0.2, 0.25) is 5.91 Å². The van der Waals surface area contributed by atoms with E-state index in [0.29, 0.717) is 18.0 Å². The Morgan fingerprint density at radius 2 is 2.03 bits per heavy atom. The number of nitrogens with zero attached hydrogens (tertiary/aromatic N) is 5. The van der Waals surface area contributed by atoms with Crippen molar-refractivity contribution in [1.82, 2.24) is 19.2 Å². The average Bonchev–Trinajstić information content (AvgIpc) is 3.65. The van der Waals surface area contributed by atoms with Crippen molar-refractivity contribution in [2.75, 3.05) is 56.7 Å². The predicted molar refractivity (Wildman–Crippen MR) is 144 cm³/mol. The molecule has 36 heavy (non-hydrogen) atoms. The zero-order valence-corrected chi connectivity index (χ0v) is 22.1. The molecule has 2 aliphatic rings. The minimum Gasteiger partial charge on any atom is -0.378 e. The van der Waals surface area contributed by atoms with Crippen LogP contribution < -0.4 is 10.2 Å². The molecule has 0 bridgehead atoms. The highest BCUT2D eigenvalue weighted by Gasteiger charge is 2.22. The van der Waals surface area contributed by atoms with E-state index in [1.54, 1.807) is 16.0 Å². The van der Waals surface area contributed by atoms with Gasteiger partial charge in [-0.2, -0.15) is 0 Å². The van der Waals surface area contributed by atoms with Crippen molar-refractivity contribution in [3.63, 3.8) is 0 Å². The third-order valence-electron chi connectivity index (χ3n) is 6.39. The molecule has 192 valence electrons. The van der Waals surface area contributed by atoms with Crippen molar-refractivity contribution in [2.45, 2.75) is 32.2 Å². The van der Waals surface area contributed by atoms with E-state index in [1.807, 2.05) is 47.7 Å². The second-order valence-electron chi connectivity index (χ2n) is 9.18. The predicted octanol–water partition coefficient (Wildman–Crippen LogP) is 3.69. The van der Waals surface area contributed by atoms with Crippen LogP contribution in [0.4, 0.5) is 11.4 Å². The van der Waals surface area contributed by atoms with Gasteiger partial charge in [0.25, 0.3) is 0 Å². The van der Waals surface area contributed by atoms with E-state index in [9.17, 15) is 4.79 Å². The van der Waals surface area contributed by atoms with Crippen molar-refractivity contribution in [1.29, 1.82) is 0 Å². The molecular formula is C25H32N6O3S2. The number of benzene rings is 1. The summed E-state index contributed by atoms with van der Waals surface area (Å²) in [4.78, 5) is 18.0. The average molecular weight is 529 g/mol. The number of anilines is 2. The summed E-state index contributed by atoms with van der Waals surface area (Å²) in [5.74, 6) is 0.768. The van der Waals surface area contributed by atoms with Crippen molar-refractivity contribution in [2.24, 2.45) is 0 Å². The first-order valence-corrected chi connectivity index (χ1v) is 13.6. The number of hydrogen-bond donors (Lipinski definition) is 1. The van der Waals surface area contributed by atoms with E-state index in [0.717, 1.165) is 67.8 Å². The Kier molecular flexibility index (Phi) is 8.12. The second-order valence-corrected chi connectivity index (χ2v) is 10.5. The van der Waals surface area contributed by atoms with Gasteiger partial charge in [0.05, 0.1) is 44.0 Å². The lowest BCUT2D eigenvalue weighted by Crippen LogP contribution is -2.36. The summed E-state index contributed by atoms with van der Waals surface area (Å²) in [6.07, 6.45) is 2.27. The number of rotatable bonds is 9. The third kappa shape index (κ3) is 6.04. The summed E-state index contributed by atoms with van der Waals surface area (Å²) in [5, 5.41) is 9.85. The van der Waals surface area contributed by atoms with E-state index in [1.165, 1.54) is 0 Å². The molecule has 4 heterocycles. The quantitative estimate of drug-likeness (QED) is 0.425. The van der Waals surface area contributed by atoms with Crippen molar-refractivity contribution >= 4 is 40.8 Å². The molecule has 0 spiro atoms. The number of amides is 1. The molecule has 0 radical (unpaired) electrons. The normalized spacial score (nSPS) is 18.2. The van der Waals surface area contributed by atoms with Crippen LogP contribution >= 0.6 is 23.6 Å². The Morgan fingerprint density at radius 3 is 2.72 bits per heavy atom. The number of likely N-dealkylation sites (N-methyl/N-ethyl adjacent to an activating group) is 1. The minimum absolute atomic E-state index is 0.0830. The Balaban J connectivity index is 1.21. The molecule has 2 aromatic heterocycles. The summed E-state index contributed by atoms with van der Waals surface area (Å²) in [5.41, 5.74) is 1.92. The Labute approximate surface area is 220 Å². The molecule has 3 aromatic rings. The Bertz CT molecular complexity index is 1200. The van der Waals surface area contributed by atoms with Crippen LogP contribution in [0.25, 0.3) is 10.7 Å². The number of ether oxygens (including phenoxy) is 2. The van der Waals surface area contributed by atoms with Crippen LogP contribution in [-0.2, 0) is 27.5 Å². The van der Waals surface area contributed by atoms with E-state index in [4.69, 9.17) is 26.8 Å². The smallest absolute Gasteiger partial charge is 0.238 e. The number of carbonyl (C=O) groups is 1. The van der Waals surface area contributed by atoms with Crippen LogP contribution in [0.2, 0.25) is 0 Å². The highest BCUT2D eigenvalue weighted by Crippen LogP contribution is 2.26. The van der Waals surface area contributed by atoms with Crippen LogP contribution in [0.5, 0.6) is 0 Å². The number of nitrogens with one attached hydrogen (secondary N) is 1. The Morgan fingerprint density at radius 1 is 1.22 bits per heavy atom. The number of carbonyl (C=O) groups excluding carboxylic acids is 1. The highest BCUT2D eigenvalue weighted by atomic mass is 32.1. The van der Waals surface area contributed by atoms with Gasteiger partial charge in [-0.05, 0) is 67.8 Å². The van der Waals surface area contributed by atoms with E-state index >= 15 is 0 Å². The molecule has 1 aromatic carbocycles. The fourth-order valence-corrected chi connectivity index (χ4v) is 5.56. The van der Waals surface area contributed by atoms with Gasteiger partial charge in [-0.3, -0.25) is 14.3 Å². The van der Waals surface area contributed by atoms with Crippen LogP contribution in [0.15, 0.2) is 41.8 Å². The molecule has 5 rings (SSSR count). The molecule has 1 atom stereocenters. The molecule has 1 N–H and O–H groups in total. The van der Waals surface area contributed by atoms with Gasteiger partial charge in [0.15, 0.2) is 10.6 Å². The first-order valence-electron chi connectivity index (χ1n) is 12.3. The number of morpholine rings is 1. The van der Waals surface area contributed by atoms with Gasteiger partial charge in [-0.25, -0.2) is 4.68 Å². The molecule has 0 saturated carbocycles. The molecule has 0 aliphatic carbocycles. The first-order chi connectivity index (χ1) is 17.6. The van der Waals surface area contributed by atoms with Crippen molar-refractivity contribution in [3.8, 4) is 10.7 Å². The lowest BCUT2D eigenvalue weighted by Gasteiger charge is -2.28. The van der Waals surface area contributed by atoms with Gasteiger partial charge in [0, 0.05) is 31.1 Å². The topological polar surface area (TPSA) is 76.8 Å². The Hall–Kier alpha value is -2.57. The lowest BCUT2D eigenvalue weighted by molar-refractivity contribution is -0.117. The SMILES string of the molecule is CN(CC(=O)Nc1ccc(N2CCOCC2)cc1)Cn1nc(-c2cccs2)n(C[C@@H]2CCCO2)c1=S. The zero-order valence-electron chi connectivity index (χ0n) is 20.5. The molecule has 2 saturated heterocycles. The molecule has 9 nitrogen and oxygen atoms in total. The van der Waals surface area contributed by atoms with Crippen LogP contribution in [0.1, 0.15) is 12.8 Å². The minimum atomic E-state index is -0.0830. The van der Waals surface area contributed by atoms with E-state index < -0.39 is 0 Å². The number of hydrogen-bond acceptors (Lipinski definition) is 8. The molecule has 11 heteroatoms. The van der Waals surface area contributed by atoms with E-state index in [-0.39, 0.29) is 18.6 Å². The summed E-state index contributed by atoms with van der Waals surface area (Å²) >= 11 is 7.44. The fraction of sp³-hybridized carbons (Fsp3) is 0.480. The molecule has 2 fully saturated rings. The van der Waals surface area contributed by atoms with Gasteiger partial charge >= 0.3 is 0 Å². The van der Waals surface area contributed by atoms with Crippen LogP contribution in [0, 0.1) is 4.77 Å². The largest absolute Gasteiger partial charge is 0.378 e. The third-order valence-corrected chi connectivity index (χ3v) is 7.69. The maximum atomic E-state index is 12.7. The van der Waals surface area contributed by atoms with Crippen molar-refractivity contribution in [3.05, 3.63) is 46.5 Å². The maximum Gasteiger partial charge on any atom is 0.238 e. The second kappa shape index (κ2) is 11.7. The summed E-state index contributed by atoms with van der Waals surface area (Å²) in [6, 6.07) is 12.0. The monoisotopic (exact) mass is 528 g/mol. The van der Waals surface area contributed by atoms with Gasteiger partial charge in [-0.15, -0.1) is 16.4 Å². The lowest BCUT2D eigenvalue weighted by atomic mass is 10.2. The summed E-state index contributed by atoms with van der Waals surface area (Å²) in [7, 11) is 1.90. The van der Waals surface area contributed by atoms with Gasteiger partial charge in [0.1, 0.15) is 0 Å². The maximum absolute atomic E-state index is 12.7. The van der Waals surface area contributed by atoms with Crippen LogP contribution in [-0.4, -0.2) is 77.8 Å².